The molecule has 1 aliphatic rings. The number of aromatic nitrogens is 4. The zero-order valence-electron chi connectivity index (χ0n) is 16.0. The highest BCUT2D eigenvalue weighted by Crippen LogP contribution is 2.26. The minimum Gasteiger partial charge on any atom is -0.494 e. The van der Waals surface area contributed by atoms with Gasteiger partial charge in [0.1, 0.15) is 6.10 Å². The van der Waals surface area contributed by atoms with Gasteiger partial charge in [-0.1, -0.05) is 11.2 Å². The van der Waals surface area contributed by atoms with Crippen LogP contribution in [-0.2, 0) is 0 Å². The topological polar surface area (TPSA) is 116 Å². The van der Waals surface area contributed by atoms with E-state index in [4.69, 9.17) is 13.9 Å². The maximum absolute atomic E-state index is 12.6. The molecule has 0 atom stereocenters. The first kappa shape index (κ1) is 19.3. The van der Waals surface area contributed by atoms with Crippen LogP contribution in [0.25, 0.3) is 10.8 Å². The maximum Gasteiger partial charge on any atom is 0.322 e. The molecule has 4 heterocycles. The fraction of sp³-hybridized carbons (Fsp3) is 0.389. The van der Waals surface area contributed by atoms with Gasteiger partial charge in [0, 0.05) is 19.2 Å². The largest absolute Gasteiger partial charge is 0.494 e. The van der Waals surface area contributed by atoms with Gasteiger partial charge in [-0.3, -0.25) is 10.1 Å². The van der Waals surface area contributed by atoms with Crippen molar-refractivity contribution in [3.05, 3.63) is 29.3 Å². The van der Waals surface area contributed by atoms with Crippen LogP contribution in [0.4, 0.5) is 6.01 Å². The van der Waals surface area contributed by atoms with Crippen molar-refractivity contribution in [2.75, 3.05) is 32.6 Å². The average Bonchev–Trinajstić information content (AvgIpc) is 3.41. The van der Waals surface area contributed by atoms with Crippen LogP contribution in [0.1, 0.15) is 23.3 Å². The van der Waals surface area contributed by atoms with Crippen LogP contribution in [0, 0.1) is 0 Å². The van der Waals surface area contributed by atoms with E-state index in [1.165, 1.54) is 18.4 Å². The van der Waals surface area contributed by atoms with E-state index < -0.39 is 5.91 Å². The number of piperidine rings is 1. The van der Waals surface area contributed by atoms with Gasteiger partial charge < -0.3 is 18.8 Å². The fourth-order valence-electron chi connectivity index (χ4n) is 2.93. The Morgan fingerprint density at radius 1 is 1.28 bits per heavy atom. The van der Waals surface area contributed by atoms with E-state index in [2.05, 4.69) is 37.7 Å². The predicted molar refractivity (Wildman–Crippen MR) is 105 cm³/mol. The second-order valence-electron chi connectivity index (χ2n) is 6.56. The standard InChI is InChI=1S/C18H20N6O4S/c1-24-7-5-11(6-8-24)27-14-10-12(26-2)15(21-20-14)16(25)19-18-23-22-17(28-18)13-4-3-9-29-13/h3-4,9-11H,5-8H2,1-2H3,(H,19,23,25). The van der Waals surface area contributed by atoms with Gasteiger partial charge in [0.15, 0.2) is 11.4 Å². The first-order valence-corrected chi connectivity index (χ1v) is 9.96. The molecule has 11 heteroatoms. The summed E-state index contributed by atoms with van der Waals surface area (Å²) in [6.45, 7) is 1.93. The van der Waals surface area contributed by atoms with Crippen LogP contribution in [0.15, 0.2) is 28.0 Å². The molecule has 0 bridgehead atoms. The highest BCUT2D eigenvalue weighted by atomic mass is 32.1. The van der Waals surface area contributed by atoms with Crippen LogP contribution in [0.3, 0.4) is 0 Å². The van der Waals surface area contributed by atoms with Gasteiger partial charge in [-0.25, -0.2) is 0 Å². The molecule has 0 radical (unpaired) electrons. The van der Waals surface area contributed by atoms with Crippen molar-refractivity contribution < 1.29 is 18.7 Å². The number of nitrogens with one attached hydrogen (secondary N) is 1. The molecule has 1 N–H and O–H groups in total. The third-order valence-corrected chi connectivity index (χ3v) is 5.36. The van der Waals surface area contributed by atoms with Gasteiger partial charge in [-0.15, -0.1) is 26.6 Å². The van der Waals surface area contributed by atoms with Crippen LogP contribution >= 0.6 is 11.3 Å². The van der Waals surface area contributed by atoms with Crippen molar-refractivity contribution in [3.63, 3.8) is 0 Å². The van der Waals surface area contributed by atoms with E-state index in [1.807, 2.05) is 17.5 Å². The number of carbonyl (C=O) groups is 1. The molecule has 1 aliphatic heterocycles. The smallest absolute Gasteiger partial charge is 0.322 e. The summed E-state index contributed by atoms with van der Waals surface area (Å²) >= 11 is 1.46. The van der Waals surface area contributed by atoms with E-state index in [9.17, 15) is 4.79 Å². The molecule has 1 amide bonds. The van der Waals surface area contributed by atoms with Gasteiger partial charge in [-0.2, -0.15) is 0 Å². The van der Waals surface area contributed by atoms with Gasteiger partial charge in [0.2, 0.25) is 5.88 Å². The van der Waals surface area contributed by atoms with Crippen molar-refractivity contribution >= 4 is 23.3 Å². The molecule has 3 aromatic rings. The molecule has 0 aromatic carbocycles. The first-order valence-electron chi connectivity index (χ1n) is 9.08. The maximum atomic E-state index is 12.6. The Kier molecular flexibility index (Phi) is 5.67. The second kappa shape index (κ2) is 8.53. The molecule has 1 saturated heterocycles. The van der Waals surface area contributed by atoms with Gasteiger partial charge >= 0.3 is 6.01 Å². The van der Waals surface area contributed by atoms with E-state index in [0.29, 0.717) is 11.8 Å². The van der Waals surface area contributed by atoms with E-state index in [1.54, 1.807) is 6.07 Å². The summed E-state index contributed by atoms with van der Waals surface area (Å²) in [5, 5.41) is 20.2. The summed E-state index contributed by atoms with van der Waals surface area (Å²) in [5.41, 5.74) is -0.000832. The summed E-state index contributed by atoms with van der Waals surface area (Å²) < 4.78 is 16.7. The molecule has 29 heavy (non-hydrogen) atoms. The zero-order valence-corrected chi connectivity index (χ0v) is 16.8. The summed E-state index contributed by atoms with van der Waals surface area (Å²) in [6, 6.07) is 5.25. The molecule has 1 fully saturated rings. The number of hydrogen-bond donors (Lipinski definition) is 1. The van der Waals surface area contributed by atoms with Gasteiger partial charge in [0.25, 0.3) is 11.8 Å². The number of ether oxygens (including phenoxy) is 2. The second-order valence-corrected chi connectivity index (χ2v) is 7.51. The monoisotopic (exact) mass is 416 g/mol. The quantitative estimate of drug-likeness (QED) is 0.646. The molecule has 0 aliphatic carbocycles. The van der Waals surface area contributed by atoms with Crippen LogP contribution < -0.4 is 14.8 Å². The Balaban J connectivity index is 1.44. The minimum absolute atomic E-state index is 0.000832. The summed E-state index contributed by atoms with van der Waals surface area (Å²) in [4.78, 5) is 15.6. The Morgan fingerprint density at radius 2 is 2.10 bits per heavy atom. The number of thiophene rings is 1. The number of rotatable bonds is 6. The van der Waals surface area contributed by atoms with Crippen molar-refractivity contribution in [2.24, 2.45) is 0 Å². The van der Waals surface area contributed by atoms with Crippen molar-refractivity contribution in [1.82, 2.24) is 25.3 Å². The molecular formula is C18H20N6O4S. The minimum atomic E-state index is -0.568. The number of hydrogen-bond acceptors (Lipinski definition) is 10. The van der Waals surface area contributed by atoms with Gasteiger partial charge in [0.05, 0.1) is 12.0 Å². The highest BCUT2D eigenvalue weighted by Gasteiger charge is 2.22. The molecule has 0 spiro atoms. The Hall–Kier alpha value is -3.05. The lowest BCUT2D eigenvalue weighted by Crippen LogP contribution is -2.35. The summed E-state index contributed by atoms with van der Waals surface area (Å²) in [7, 11) is 3.54. The molecule has 152 valence electrons. The predicted octanol–water partition coefficient (Wildman–Crippen LogP) is 2.32. The molecular weight excluding hydrogens is 396 g/mol. The lowest BCUT2D eigenvalue weighted by atomic mass is 10.1. The van der Waals surface area contributed by atoms with E-state index >= 15 is 0 Å². The number of carbonyl (C=O) groups excluding carboxylic acids is 1. The SMILES string of the molecule is COc1cc(OC2CCN(C)CC2)nnc1C(=O)Nc1nnc(-c2cccs2)o1. The molecule has 10 nitrogen and oxygen atoms in total. The average molecular weight is 416 g/mol. The van der Waals surface area contributed by atoms with Crippen LogP contribution in [-0.4, -0.2) is 64.6 Å². The fourth-order valence-corrected chi connectivity index (χ4v) is 3.58. The van der Waals surface area contributed by atoms with E-state index in [0.717, 1.165) is 30.8 Å². The van der Waals surface area contributed by atoms with Crippen molar-refractivity contribution in [2.45, 2.75) is 18.9 Å². The highest BCUT2D eigenvalue weighted by molar-refractivity contribution is 7.13. The zero-order chi connectivity index (χ0) is 20.2. The van der Waals surface area contributed by atoms with E-state index in [-0.39, 0.29) is 23.6 Å². The third-order valence-electron chi connectivity index (χ3n) is 4.50. The van der Waals surface area contributed by atoms with Crippen molar-refractivity contribution in [3.8, 4) is 22.4 Å². The molecule has 0 unspecified atom stereocenters. The van der Waals surface area contributed by atoms with Crippen LogP contribution in [0.5, 0.6) is 11.6 Å². The number of nitrogens with zero attached hydrogens (tertiary/aromatic N) is 5. The first-order chi connectivity index (χ1) is 14.1. The van der Waals surface area contributed by atoms with Crippen LogP contribution in [0.2, 0.25) is 0 Å². The normalized spacial score (nSPS) is 15.2. The molecule has 4 rings (SSSR count). The third kappa shape index (κ3) is 4.51. The number of anilines is 1. The molecule has 3 aromatic heterocycles. The van der Waals surface area contributed by atoms with Gasteiger partial charge in [-0.05, 0) is 31.3 Å². The Morgan fingerprint density at radius 3 is 2.83 bits per heavy atom. The number of likely N-dealkylation sites (tertiary alicyclic amines) is 1. The molecule has 0 saturated carbocycles. The number of methoxy groups -OCH3 is 1. The summed E-state index contributed by atoms with van der Waals surface area (Å²) in [6.07, 6.45) is 1.89. The lowest BCUT2D eigenvalue weighted by Gasteiger charge is -2.28. The summed E-state index contributed by atoms with van der Waals surface area (Å²) in [5.74, 6) is 0.334. The van der Waals surface area contributed by atoms with Crippen molar-refractivity contribution in [1.29, 1.82) is 0 Å². The Labute approximate surface area is 170 Å². The Bertz CT molecular complexity index is 969. The lowest BCUT2D eigenvalue weighted by molar-refractivity contribution is 0.100. The number of amides is 1.